The molecule has 0 atom stereocenters. The Morgan fingerprint density at radius 1 is 0.900 bits per heavy atom. The lowest BCUT2D eigenvalue weighted by Crippen LogP contribution is -2.41. The molecule has 0 aromatic heterocycles. The third kappa shape index (κ3) is 6.38. The van der Waals surface area contributed by atoms with Gasteiger partial charge >= 0.3 is 6.98 Å². The summed E-state index contributed by atoms with van der Waals surface area (Å²) in [6.45, 7) is -6.30. The van der Waals surface area contributed by atoms with Crippen LogP contribution in [0, 0.1) is 40.4 Å². The Labute approximate surface area is 166 Å². The molecule has 0 heterocycles. The highest BCUT2D eigenvalue weighted by molar-refractivity contribution is 8.02. The normalized spacial score (nSPS) is 11.4. The van der Waals surface area contributed by atoms with Crippen LogP contribution in [0.15, 0.2) is 24.3 Å². The van der Waals surface area contributed by atoms with Gasteiger partial charge in [0.05, 0.1) is 21.6 Å². The van der Waals surface area contributed by atoms with Crippen molar-refractivity contribution < 1.29 is 43.9 Å². The zero-order valence-electron chi connectivity index (χ0n) is 15.3. The van der Waals surface area contributed by atoms with Crippen LogP contribution in [-0.2, 0) is 14.1 Å². The van der Waals surface area contributed by atoms with Crippen molar-refractivity contribution >= 4 is 28.2 Å². The summed E-state index contributed by atoms with van der Waals surface area (Å²) in [7, 11) is -2.05. The summed E-state index contributed by atoms with van der Waals surface area (Å²) in [4.78, 5) is 11.6. The molecule has 162 valence electrons. The molecule has 0 amide bonds. The van der Waals surface area contributed by atoms with E-state index in [1.165, 1.54) is 0 Å². The number of hydrogen-bond donors (Lipinski definition) is 0. The molecule has 0 saturated heterocycles. The summed E-state index contributed by atoms with van der Waals surface area (Å²) >= 11 is 0. The smallest absolute Gasteiger partial charge is 0.445 e. The number of carbonyl (C=O) groups is 1. The molecule has 3 nitrogen and oxygen atoms in total. The minimum atomic E-state index is -6.30. The molecule has 2 rings (SSSR count). The predicted molar refractivity (Wildman–Crippen MR) is 95.2 cm³/mol. The maximum Gasteiger partial charge on any atom is 0.515 e. The van der Waals surface area contributed by atoms with Crippen molar-refractivity contribution in [1.82, 2.24) is 0 Å². The summed E-state index contributed by atoms with van der Waals surface area (Å²) in [5.74, 6) is -13.6. The lowest BCUT2D eigenvalue weighted by atomic mass is 9.79. The fourth-order valence-corrected chi connectivity index (χ4v) is 2.84. The van der Waals surface area contributed by atoms with Crippen LogP contribution in [0.25, 0.3) is 0 Å². The van der Waals surface area contributed by atoms with Gasteiger partial charge in [0.1, 0.15) is 24.1 Å². The van der Waals surface area contributed by atoms with Crippen molar-refractivity contribution in [1.29, 1.82) is 5.26 Å². The van der Waals surface area contributed by atoms with E-state index in [2.05, 4.69) is 0 Å². The van der Waals surface area contributed by atoms with Gasteiger partial charge in [-0.15, -0.1) is 4.21 Å². The van der Waals surface area contributed by atoms with E-state index < -0.39 is 51.5 Å². The average molecular weight is 457 g/mol. The number of carbonyl (C=O) groups excluding carboxylic acids is 1. The Morgan fingerprint density at radius 2 is 1.30 bits per heavy atom. The molecular weight excluding hydrogens is 445 g/mol. The van der Waals surface area contributed by atoms with Gasteiger partial charge in [-0.25, -0.2) is 22.0 Å². The minimum absolute atomic E-state index is 0.0545. The second kappa shape index (κ2) is 9.38. The Balaban J connectivity index is 0.000000300. The molecule has 2 aromatic carbocycles. The summed E-state index contributed by atoms with van der Waals surface area (Å²) in [6.07, 6.45) is 3.13. The zero-order valence-corrected chi connectivity index (χ0v) is 16.1. The zero-order chi connectivity index (χ0) is 23.4. The first kappa shape index (κ1) is 25.3. The number of benzene rings is 2. The van der Waals surface area contributed by atoms with E-state index in [0.717, 1.165) is 0 Å². The summed E-state index contributed by atoms with van der Waals surface area (Å²) in [5, 5.41) is 8.57. The number of rotatable bonds is 4. The van der Waals surface area contributed by atoms with Crippen LogP contribution >= 0.6 is 0 Å². The van der Waals surface area contributed by atoms with Crippen LogP contribution in [0.4, 0.5) is 34.9 Å². The van der Waals surface area contributed by atoms with Gasteiger partial charge in [-0.3, -0.25) is 4.79 Å². The molecule has 0 aliphatic carbocycles. The molecule has 0 fully saturated rings. The van der Waals surface area contributed by atoms with Gasteiger partial charge in [0.25, 0.3) is 0 Å². The quantitative estimate of drug-likeness (QED) is 0.175. The third-order valence-electron chi connectivity index (χ3n) is 3.39. The van der Waals surface area contributed by atoms with Gasteiger partial charge in [0, 0.05) is 5.56 Å². The van der Waals surface area contributed by atoms with E-state index in [0.29, 0.717) is 11.1 Å². The van der Waals surface area contributed by atoms with Gasteiger partial charge in [0.2, 0.25) is 5.78 Å². The van der Waals surface area contributed by atoms with Gasteiger partial charge in [-0.2, -0.15) is 5.26 Å². The molecule has 2 aromatic rings. The number of halogens is 8. The van der Waals surface area contributed by atoms with Gasteiger partial charge in [-0.1, -0.05) is 0 Å². The lowest BCUT2D eigenvalue weighted by Gasteiger charge is -2.17. The molecule has 0 aliphatic rings. The van der Waals surface area contributed by atoms with Crippen molar-refractivity contribution in [3.8, 4) is 6.07 Å². The molecule has 13 heteroatoms. The van der Waals surface area contributed by atoms with Crippen molar-refractivity contribution in [3.05, 3.63) is 64.5 Å². The monoisotopic (exact) mass is 457 g/mol. The van der Waals surface area contributed by atoms with Crippen LogP contribution in [0.1, 0.15) is 15.9 Å². The van der Waals surface area contributed by atoms with Crippen molar-refractivity contribution in [2.24, 2.45) is 0 Å². The highest BCUT2D eigenvalue weighted by Crippen LogP contribution is 2.21. The highest BCUT2D eigenvalue weighted by Gasteiger charge is 2.37. The summed E-state index contributed by atoms with van der Waals surface area (Å²) in [5.41, 5.74) is -1.71. The standard InChI is InChI=1S/C11H12NO2S.C6BF8/c1-15(2,14)8-11(13)10-5-3-9(7-12)4-6-10;8-2-1(7(13,14)15)3(9)5(11)6(12)4(2)10/h3-6H,8H2,1-2H3;/q+1;-1. The predicted octanol–water partition coefficient (Wildman–Crippen LogP) is 3.94. The Bertz CT molecular complexity index is 1010. The van der Waals surface area contributed by atoms with Crippen molar-refractivity contribution in [2.75, 3.05) is 18.3 Å². The van der Waals surface area contributed by atoms with E-state index in [1.54, 1.807) is 36.8 Å². The first-order chi connectivity index (χ1) is 13.6. The molecule has 0 N–H and O–H groups in total. The number of nitriles is 1. The Morgan fingerprint density at radius 3 is 1.63 bits per heavy atom. The molecule has 0 saturated carbocycles. The van der Waals surface area contributed by atoms with E-state index >= 15 is 0 Å². The van der Waals surface area contributed by atoms with Gasteiger partial charge in [-0.05, 0) is 29.7 Å². The fourth-order valence-electron chi connectivity index (χ4n) is 2.04. The number of ketones is 1. The molecule has 30 heavy (non-hydrogen) atoms. The largest absolute Gasteiger partial charge is 0.515 e. The first-order valence-electron chi connectivity index (χ1n) is 7.76. The fraction of sp³-hybridized carbons (Fsp3) is 0.176. The summed E-state index contributed by atoms with van der Waals surface area (Å²) < 4.78 is 109. The van der Waals surface area contributed by atoms with Crippen LogP contribution < -0.4 is 5.46 Å². The van der Waals surface area contributed by atoms with E-state index in [9.17, 15) is 43.9 Å². The first-order valence-corrected chi connectivity index (χ1v) is 10.3. The van der Waals surface area contributed by atoms with Gasteiger partial charge < -0.3 is 12.9 Å². The maximum atomic E-state index is 12.5. The number of hydrogen-bond acceptors (Lipinski definition) is 3. The third-order valence-corrected chi connectivity index (χ3v) is 4.34. The van der Waals surface area contributed by atoms with Crippen LogP contribution in [0.5, 0.6) is 0 Å². The van der Waals surface area contributed by atoms with Crippen molar-refractivity contribution in [3.63, 3.8) is 0 Å². The maximum absolute atomic E-state index is 12.5. The molecular formula is C17H12BF8NO2S. The second-order valence-electron chi connectivity index (χ2n) is 6.25. The van der Waals surface area contributed by atoms with Gasteiger partial charge in [0.15, 0.2) is 23.2 Å². The molecule has 0 spiro atoms. The highest BCUT2D eigenvalue weighted by atomic mass is 32.2. The number of nitrogens with zero attached hydrogens (tertiary/aromatic N) is 1. The Hall–Kier alpha value is -2.75. The average Bonchev–Trinajstić information content (AvgIpc) is 2.63. The Kier molecular flexibility index (Phi) is 7.91. The summed E-state index contributed by atoms with van der Waals surface area (Å²) in [6, 6.07) is 8.32. The van der Waals surface area contributed by atoms with Crippen LogP contribution in [0.3, 0.4) is 0 Å². The molecule has 0 bridgehead atoms. The number of Topliss-reactive ketones (excluding diaryl/α,β-unsaturated/α-hetero) is 1. The topological polar surface area (TPSA) is 57.9 Å². The van der Waals surface area contributed by atoms with E-state index in [4.69, 9.17) is 5.26 Å². The lowest BCUT2D eigenvalue weighted by molar-refractivity contribution is 0.102. The van der Waals surface area contributed by atoms with Crippen LogP contribution in [0.2, 0.25) is 0 Å². The van der Waals surface area contributed by atoms with Crippen molar-refractivity contribution in [2.45, 2.75) is 0 Å². The van der Waals surface area contributed by atoms with E-state index in [1.807, 2.05) is 6.07 Å². The minimum Gasteiger partial charge on any atom is -0.445 e. The molecule has 0 radical (unpaired) electrons. The van der Waals surface area contributed by atoms with Crippen LogP contribution in [-0.4, -0.2) is 31.0 Å². The van der Waals surface area contributed by atoms with E-state index in [-0.39, 0.29) is 11.5 Å². The molecule has 0 aliphatic heterocycles. The molecule has 0 unspecified atom stereocenters. The second-order valence-corrected chi connectivity index (χ2v) is 9.41. The SMILES string of the molecule is C[S+](C)(=O)CC(=O)c1ccc(C#N)cc1.Fc1c(F)c(F)c([B-](F)(F)F)c(F)c1F.